The van der Waals surface area contributed by atoms with Gasteiger partial charge in [-0.25, -0.2) is 0 Å². The predicted molar refractivity (Wildman–Crippen MR) is 109 cm³/mol. The normalized spacial score (nSPS) is 50.4. The quantitative estimate of drug-likeness (QED) is 0.629. The van der Waals surface area contributed by atoms with Gasteiger partial charge < -0.3 is 10.2 Å². The highest BCUT2D eigenvalue weighted by molar-refractivity contribution is 5.25. The molecule has 0 aromatic heterocycles. The predicted octanol–water partition coefficient (Wildman–Crippen LogP) is 5.62. The van der Waals surface area contributed by atoms with E-state index in [1.54, 1.807) is 5.57 Å². The minimum Gasteiger partial charge on any atom is -0.393 e. The van der Waals surface area contributed by atoms with Crippen LogP contribution in [0.4, 0.5) is 0 Å². The molecule has 4 saturated carbocycles. The Morgan fingerprint density at radius 3 is 2.59 bits per heavy atom. The van der Waals surface area contributed by atoms with E-state index >= 15 is 0 Å². The summed E-state index contributed by atoms with van der Waals surface area (Å²) in [7, 11) is 0. The van der Waals surface area contributed by atoms with Crippen LogP contribution in [-0.4, -0.2) is 21.9 Å². The summed E-state index contributed by atoms with van der Waals surface area (Å²) in [5.74, 6) is 3.53. The first-order valence-corrected chi connectivity index (χ1v) is 11.9. The fraction of sp³-hybridized carbons (Fsp3) is 0.920. The van der Waals surface area contributed by atoms with Crippen LogP contribution >= 0.6 is 0 Å². The molecule has 0 radical (unpaired) electrons. The largest absolute Gasteiger partial charge is 0.393 e. The third-order valence-corrected chi connectivity index (χ3v) is 10.3. The Morgan fingerprint density at radius 2 is 1.81 bits per heavy atom. The fourth-order valence-corrected chi connectivity index (χ4v) is 8.30. The summed E-state index contributed by atoms with van der Waals surface area (Å²) in [5.41, 5.74) is 2.25. The van der Waals surface area contributed by atoms with Crippen molar-refractivity contribution in [3.63, 3.8) is 0 Å². The second-order valence-electron chi connectivity index (χ2n) is 11.6. The minimum atomic E-state index is -0.263. The maximum Gasteiger partial charge on any atom is 0.0650 e. The van der Waals surface area contributed by atoms with Crippen LogP contribution in [0.15, 0.2) is 11.6 Å². The topological polar surface area (TPSA) is 40.5 Å². The summed E-state index contributed by atoms with van der Waals surface area (Å²) in [6, 6.07) is 0. The summed E-state index contributed by atoms with van der Waals surface area (Å²) in [4.78, 5) is 0. The zero-order valence-corrected chi connectivity index (χ0v) is 17.6. The second-order valence-corrected chi connectivity index (χ2v) is 11.6. The molecule has 4 fully saturated rings. The highest BCUT2D eigenvalue weighted by Gasteiger charge is 2.58. The summed E-state index contributed by atoms with van der Waals surface area (Å²) in [5, 5.41) is 20.4. The van der Waals surface area contributed by atoms with Crippen LogP contribution in [-0.2, 0) is 0 Å². The van der Waals surface area contributed by atoms with Gasteiger partial charge in [-0.1, -0.05) is 31.9 Å². The maximum absolute atomic E-state index is 10.2. The lowest BCUT2D eigenvalue weighted by molar-refractivity contribution is -0.0511. The molecule has 2 nitrogen and oxygen atoms in total. The molecule has 0 amide bonds. The van der Waals surface area contributed by atoms with E-state index in [9.17, 15) is 10.2 Å². The lowest BCUT2D eigenvalue weighted by Crippen LogP contribution is -2.50. The van der Waals surface area contributed by atoms with Crippen molar-refractivity contribution in [1.29, 1.82) is 0 Å². The Labute approximate surface area is 165 Å². The lowest BCUT2D eigenvalue weighted by Gasteiger charge is -2.58. The molecule has 2 heteroatoms. The van der Waals surface area contributed by atoms with Gasteiger partial charge in [0, 0.05) is 0 Å². The van der Waals surface area contributed by atoms with E-state index in [0.29, 0.717) is 10.8 Å². The molecule has 0 bridgehead atoms. The van der Waals surface area contributed by atoms with Crippen molar-refractivity contribution in [2.24, 2.45) is 34.5 Å². The summed E-state index contributed by atoms with van der Waals surface area (Å²) < 4.78 is 0. The Hall–Kier alpha value is -0.340. The number of aliphatic hydroxyl groups excluding tert-OH is 1. The number of rotatable bonds is 4. The minimum absolute atomic E-state index is 0.0909. The van der Waals surface area contributed by atoms with Gasteiger partial charge >= 0.3 is 0 Å². The first-order chi connectivity index (χ1) is 12.8. The molecule has 0 saturated heterocycles. The molecule has 0 aromatic carbocycles. The van der Waals surface area contributed by atoms with Crippen molar-refractivity contribution in [1.82, 2.24) is 0 Å². The number of aliphatic hydroxyl groups is 2. The lowest BCUT2D eigenvalue weighted by atomic mass is 9.47. The highest BCUT2D eigenvalue weighted by Crippen LogP contribution is 2.66. The van der Waals surface area contributed by atoms with Crippen LogP contribution in [0.25, 0.3) is 0 Å². The van der Waals surface area contributed by atoms with E-state index in [4.69, 9.17) is 0 Å². The van der Waals surface area contributed by atoms with Gasteiger partial charge in [-0.15, -0.1) is 0 Å². The van der Waals surface area contributed by atoms with Crippen molar-refractivity contribution in [2.45, 2.75) is 109 Å². The fourth-order valence-electron chi connectivity index (χ4n) is 8.30. The van der Waals surface area contributed by atoms with E-state index in [2.05, 4.69) is 19.9 Å². The average Bonchev–Trinajstić information content (AvgIpc) is 3.27. The summed E-state index contributed by atoms with van der Waals surface area (Å²) in [6.45, 7) is 5.16. The molecule has 5 aliphatic carbocycles. The van der Waals surface area contributed by atoms with Crippen molar-refractivity contribution >= 4 is 0 Å². The SMILES string of the molecule is C[C@]12CC[C@H]3[C@@H](CC=C4C[C@@H](O)CC[C@@]43C)[C@@H]1CC[C@@H]2CCCC1(O)CC1. The molecule has 5 aliphatic rings. The molecule has 0 heterocycles. The van der Waals surface area contributed by atoms with Crippen molar-refractivity contribution in [3.8, 4) is 0 Å². The molecular weight excluding hydrogens is 332 g/mol. The monoisotopic (exact) mass is 372 g/mol. The molecule has 2 N–H and O–H groups in total. The van der Waals surface area contributed by atoms with Gasteiger partial charge in [0.1, 0.15) is 0 Å². The van der Waals surface area contributed by atoms with E-state index in [0.717, 1.165) is 55.8 Å². The molecule has 0 unspecified atom stereocenters. The Kier molecular flexibility index (Phi) is 4.38. The van der Waals surface area contributed by atoms with Crippen LogP contribution < -0.4 is 0 Å². The third-order valence-electron chi connectivity index (χ3n) is 10.3. The highest BCUT2D eigenvalue weighted by atomic mass is 16.3. The molecule has 7 atom stereocenters. The van der Waals surface area contributed by atoms with Gasteiger partial charge in [-0.2, -0.15) is 0 Å². The van der Waals surface area contributed by atoms with Crippen molar-refractivity contribution in [3.05, 3.63) is 11.6 Å². The van der Waals surface area contributed by atoms with Gasteiger partial charge in [0.2, 0.25) is 0 Å². The van der Waals surface area contributed by atoms with Crippen molar-refractivity contribution in [2.75, 3.05) is 0 Å². The van der Waals surface area contributed by atoms with Gasteiger partial charge in [-0.05, 0) is 112 Å². The van der Waals surface area contributed by atoms with Gasteiger partial charge in [0.15, 0.2) is 0 Å². The molecule has 5 rings (SSSR count). The van der Waals surface area contributed by atoms with E-state index in [1.807, 2.05) is 0 Å². The molecular formula is C25H40O2. The van der Waals surface area contributed by atoms with Gasteiger partial charge in [0.25, 0.3) is 0 Å². The number of allylic oxidation sites excluding steroid dienone is 1. The zero-order chi connectivity index (χ0) is 18.9. The zero-order valence-electron chi connectivity index (χ0n) is 17.6. The Bertz CT molecular complexity index is 620. The van der Waals surface area contributed by atoms with Crippen LogP contribution in [0.1, 0.15) is 97.3 Å². The van der Waals surface area contributed by atoms with Crippen LogP contribution in [0.3, 0.4) is 0 Å². The molecule has 27 heavy (non-hydrogen) atoms. The van der Waals surface area contributed by atoms with Crippen LogP contribution in [0, 0.1) is 34.5 Å². The second kappa shape index (κ2) is 6.33. The van der Waals surface area contributed by atoms with E-state index in [1.165, 1.54) is 51.4 Å². The van der Waals surface area contributed by atoms with Crippen LogP contribution in [0.5, 0.6) is 0 Å². The standard InChI is InChI=1S/C25H40O2/c1-23-13-10-22-20(7-5-18-16-19(26)9-12-24(18,22)2)21(23)8-6-17(23)4-3-11-25(27)14-15-25/h5,17,19-22,26-27H,3-4,6-16H2,1-2H3/t17-,19-,20-,21-,22-,23+,24-/m0/s1. The summed E-state index contributed by atoms with van der Waals surface area (Å²) in [6.07, 6.45) is 18.3. The first-order valence-electron chi connectivity index (χ1n) is 11.9. The van der Waals surface area contributed by atoms with E-state index in [-0.39, 0.29) is 11.7 Å². The van der Waals surface area contributed by atoms with E-state index < -0.39 is 0 Å². The Morgan fingerprint density at radius 1 is 1.00 bits per heavy atom. The first kappa shape index (κ1) is 18.7. The molecule has 0 aromatic rings. The van der Waals surface area contributed by atoms with Gasteiger partial charge in [0.05, 0.1) is 11.7 Å². The smallest absolute Gasteiger partial charge is 0.0650 e. The molecule has 0 aliphatic heterocycles. The number of hydrogen-bond acceptors (Lipinski definition) is 2. The summed E-state index contributed by atoms with van der Waals surface area (Å²) >= 11 is 0. The number of hydrogen-bond donors (Lipinski definition) is 2. The average molecular weight is 373 g/mol. The Balaban J connectivity index is 1.31. The molecule has 0 spiro atoms. The van der Waals surface area contributed by atoms with Gasteiger partial charge in [-0.3, -0.25) is 0 Å². The molecule has 152 valence electrons. The van der Waals surface area contributed by atoms with Crippen LogP contribution in [0.2, 0.25) is 0 Å². The van der Waals surface area contributed by atoms with Crippen molar-refractivity contribution < 1.29 is 10.2 Å². The number of fused-ring (bicyclic) bond motifs is 5. The third kappa shape index (κ3) is 2.96. The maximum atomic E-state index is 10.2.